The highest BCUT2D eigenvalue weighted by atomic mass is 79.9. The van der Waals surface area contributed by atoms with Crippen LogP contribution in [0.5, 0.6) is 0 Å². The van der Waals surface area contributed by atoms with Crippen molar-refractivity contribution in [1.29, 1.82) is 0 Å². The average molecular weight is 311 g/mol. The molecule has 2 unspecified atom stereocenters. The Balaban J connectivity index is 2.04. The highest BCUT2D eigenvalue weighted by Gasteiger charge is 2.25. The second-order valence-corrected chi connectivity index (χ2v) is 6.44. The third-order valence-corrected chi connectivity index (χ3v) is 4.47. The van der Waals surface area contributed by atoms with Crippen LogP contribution in [0.3, 0.4) is 0 Å². The molecule has 0 bridgehead atoms. The maximum absolute atomic E-state index is 3.61. The van der Waals surface area contributed by atoms with E-state index in [1.165, 1.54) is 5.56 Å². The van der Waals surface area contributed by atoms with Crippen molar-refractivity contribution in [2.45, 2.75) is 32.9 Å². The Morgan fingerprint density at radius 3 is 2.50 bits per heavy atom. The van der Waals surface area contributed by atoms with Gasteiger partial charge in [-0.2, -0.15) is 0 Å². The zero-order chi connectivity index (χ0) is 13.1. The number of benzene rings is 1. The van der Waals surface area contributed by atoms with Gasteiger partial charge in [-0.1, -0.05) is 41.9 Å². The Bertz CT molecular complexity index is 375. The molecule has 3 heteroatoms. The molecule has 0 aliphatic carbocycles. The lowest BCUT2D eigenvalue weighted by Crippen LogP contribution is -2.53. The zero-order valence-corrected chi connectivity index (χ0v) is 13.1. The molecule has 1 heterocycles. The Hall–Kier alpha value is -0.380. The Morgan fingerprint density at radius 2 is 1.89 bits per heavy atom. The highest BCUT2D eigenvalue weighted by molar-refractivity contribution is 9.10. The van der Waals surface area contributed by atoms with Gasteiger partial charge in [-0.3, -0.25) is 4.90 Å². The Labute approximate surface area is 119 Å². The van der Waals surface area contributed by atoms with Gasteiger partial charge in [0.15, 0.2) is 0 Å². The summed E-state index contributed by atoms with van der Waals surface area (Å²) in [7, 11) is 0. The van der Waals surface area contributed by atoms with Crippen LogP contribution in [0.15, 0.2) is 28.7 Å². The lowest BCUT2D eigenvalue weighted by Gasteiger charge is -2.39. The number of halogens is 1. The summed E-state index contributed by atoms with van der Waals surface area (Å²) in [5, 5.41) is 3.61. The van der Waals surface area contributed by atoms with E-state index in [0.29, 0.717) is 18.0 Å². The summed E-state index contributed by atoms with van der Waals surface area (Å²) in [5.74, 6) is 0.699. The quantitative estimate of drug-likeness (QED) is 0.920. The molecule has 1 aromatic carbocycles. The molecule has 0 amide bonds. The van der Waals surface area contributed by atoms with Gasteiger partial charge in [0, 0.05) is 36.2 Å². The van der Waals surface area contributed by atoms with E-state index >= 15 is 0 Å². The summed E-state index contributed by atoms with van der Waals surface area (Å²) in [6, 6.07) is 9.84. The molecule has 2 rings (SSSR count). The average Bonchev–Trinajstić information content (AvgIpc) is 2.39. The Morgan fingerprint density at radius 1 is 1.22 bits per heavy atom. The van der Waals surface area contributed by atoms with Gasteiger partial charge < -0.3 is 5.32 Å². The van der Waals surface area contributed by atoms with Crippen molar-refractivity contribution in [3.63, 3.8) is 0 Å². The molecule has 0 spiro atoms. The third-order valence-electron chi connectivity index (χ3n) is 3.94. The summed E-state index contributed by atoms with van der Waals surface area (Å²) in [6.07, 6.45) is 0. The number of nitrogens with zero attached hydrogens (tertiary/aromatic N) is 1. The van der Waals surface area contributed by atoms with Crippen molar-refractivity contribution >= 4 is 15.9 Å². The van der Waals surface area contributed by atoms with Gasteiger partial charge in [-0.05, 0) is 30.5 Å². The Kier molecular flexibility index (Phi) is 4.82. The third kappa shape index (κ3) is 3.34. The first kappa shape index (κ1) is 14.0. The summed E-state index contributed by atoms with van der Waals surface area (Å²) in [6.45, 7) is 10.3. The minimum absolute atomic E-state index is 0.501. The summed E-state index contributed by atoms with van der Waals surface area (Å²) >= 11 is 3.50. The molecule has 18 heavy (non-hydrogen) atoms. The summed E-state index contributed by atoms with van der Waals surface area (Å²) in [5.41, 5.74) is 1.41. The molecule has 0 aromatic heterocycles. The predicted octanol–water partition coefficient (Wildman–Crippen LogP) is 3.44. The van der Waals surface area contributed by atoms with E-state index in [1.807, 2.05) is 0 Å². The van der Waals surface area contributed by atoms with Crippen LogP contribution >= 0.6 is 15.9 Å². The van der Waals surface area contributed by atoms with Crippen LogP contribution in [0.25, 0.3) is 0 Å². The minimum Gasteiger partial charge on any atom is -0.311 e. The first-order valence-corrected chi connectivity index (χ1v) is 7.60. The normalized spacial score (nSPS) is 23.3. The molecular formula is C15H23BrN2. The molecule has 0 saturated carbocycles. The van der Waals surface area contributed by atoms with Gasteiger partial charge in [0.05, 0.1) is 0 Å². The number of rotatable bonds is 3. The topological polar surface area (TPSA) is 15.3 Å². The maximum atomic E-state index is 3.61. The SMILES string of the molecule is CC(C)C1CN(C(C)c2ccc(Br)cc2)CCN1. The first-order valence-electron chi connectivity index (χ1n) is 6.81. The van der Waals surface area contributed by atoms with Gasteiger partial charge in [-0.15, -0.1) is 0 Å². The smallest absolute Gasteiger partial charge is 0.0321 e. The van der Waals surface area contributed by atoms with E-state index in [1.54, 1.807) is 0 Å². The van der Waals surface area contributed by atoms with Crippen LogP contribution in [0.2, 0.25) is 0 Å². The number of nitrogens with one attached hydrogen (secondary N) is 1. The van der Waals surface area contributed by atoms with Crippen molar-refractivity contribution < 1.29 is 0 Å². The monoisotopic (exact) mass is 310 g/mol. The van der Waals surface area contributed by atoms with Gasteiger partial charge in [0.25, 0.3) is 0 Å². The van der Waals surface area contributed by atoms with Crippen molar-refractivity contribution in [1.82, 2.24) is 10.2 Å². The van der Waals surface area contributed by atoms with E-state index in [0.717, 1.165) is 24.1 Å². The van der Waals surface area contributed by atoms with Crippen molar-refractivity contribution in [3.8, 4) is 0 Å². The molecular weight excluding hydrogens is 288 g/mol. The van der Waals surface area contributed by atoms with Crippen molar-refractivity contribution in [2.75, 3.05) is 19.6 Å². The van der Waals surface area contributed by atoms with Crippen LogP contribution < -0.4 is 5.32 Å². The molecule has 1 aromatic rings. The molecule has 1 N–H and O–H groups in total. The minimum atomic E-state index is 0.501. The fourth-order valence-electron chi connectivity index (χ4n) is 2.55. The molecule has 1 aliphatic rings. The number of hydrogen-bond donors (Lipinski definition) is 1. The molecule has 1 fully saturated rings. The van der Waals surface area contributed by atoms with E-state index in [-0.39, 0.29) is 0 Å². The van der Waals surface area contributed by atoms with Gasteiger partial charge in [0.1, 0.15) is 0 Å². The fraction of sp³-hybridized carbons (Fsp3) is 0.600. The van der Waals surface area contributed by atoms with E-state index in [4.69, 9.17) is 0 Å². The van der Waals surface area contributed by atoms with Crippen LogP contribution in [0, 0.1) is 5.92 Å². The van der Waals surface area contributed by atoms with Crippen molar-refractivity contribution in [3.05, 3.63) is 34.3 Å². The molecule has 1 saturated heterocycles. The number of hydrogen-bond acceptors (Lipinski definition) is 2. The van der Waals surface area contributed by atoms with Crippen LogP contribution in [-0.4, -0.2) is 30.6 Å². The molecule has 2 atom stereocenters. The molecule has 100 valence electrons. The first-order chi connectivity index (χ1) is 8.58. The maximum Gasteiger partial charge on any atom is 0.0321 e. The molecule has 0 radical (unpaired) electrons. The predicted molar refractivity (Wildman–Crippen MR) is 80.8 cm³/mol. The summed E-state index contributed by atoms with van der Waals surface area (Å²) in [4.78, 5) is 2.59. The van der Waals surface area contributed by atoms with E-state index in [9.17, 15) is 0 Å². The van der Waals surface area contributed by atoms with E-state index in [2.05, 4.69) is 71.2 Å². The molecule has 1 aliphatic heterocycles. The highest BCUT2D eigenvalue weighted by Crippen LogP contribution is 2.24. The molecule has 2 nitrogen and oxygen atoms in total. The van der Waals surface area contributed by atoms with Crippen LogP contribution in [0.4, 0.5) is 0 Å². The van der Waals surface area contributed by atoms with Gasteiger partial charge in [-0.25, -0.2) is 0 Å². The zero-order valence-electron chi connectivity index (χ0n) is 11.5. The number of piperazine rings is 1. The second kappa shape index (κ2) is 6.18. The lowest BCUT2D eigenvalue weighted by atomic mass is 9.99. The second-order valence-electron chi connectivity index (χ2n) is 5.53. The largest absolute Gasteiger partial charge is 0.311 e. The van der Waals surface area contributed by atoms with E-state index < -0.39 is 0 Å². The van der Waals surface area contributed by atoms with Crippen LogP contribution in [0.1, 0.15) is 32.4 Å². The van der Waals surface area contributed by atoms with Gasteiger partial charge >= 0.3 is 0 Å². The van der Waals surface area contributed by atoms with Gasteiger partial charge in [0.2, 0.25) is 0 Å². The van der Waals surface area contributed by atoms with Crippen LogP contribution in [-0.2, 0) is 0 Å². The summed E-state index contributed by atoms with van der Waals surface area (Å²) < 4.78 is 1.15. The lowest BCUT2D eigenvalue weighted by molar-refractivity contribution is 0.135. The standard InChI is InChI=1S/C15H23BrN2/c1-11(2)15-10-18(9-8-17-15)12(3)13-4-6-14(16)7-5-13/h4-7,11-12,15,17H,8-10H2,1-3H3. The van der Waals surface area contributed by atoms with Crippen molar-refractivity contribution in [2.24, 2.45) is 5.92 Å². The fourth-order valence-corrected chi connectivity index (χ4v) is 2.82.